The molecule has 0 radical (unpaired) electrons. The molecule has 0 aromatic heterocycles. The number of halogens is 6. The van der Waals surface area contributed by atoms with E-state index in [1.807, 2.05) is 0 Å². The normalized spacial score (nSPS) is 12.1. The first-order chi connectivity index (χ1) is 9.50. The highest BCUT2D eigenvalue weighted by atomic mass is 19.3. The van der Waals surface area contributed by atoms with Crippen LogP contribution in [0, 0.1) is 0 Å². The Bertz CT molecular complexity index is 383. The van der Waals surface area contributed by atoms with E-state index in [4.69, 9.17) is 0 Å². The van der Waals surface area contributed by atoms with Gasteiger partial charge < -0.3 is 9.47 Å². The van der Waals surface area contributed by atoms with E-state index in [0.717, 1.165) is 6.08 Å². The number of carbonyl (C=O) groups excluding carboxylic acids is 2. The lowest BCUT2D eigenvalue weighted by Crippen LogP contribution is -2.38. The molecule has 0 aromatic carbocycles. The van der Waals surface area contributed by atoms with Crippen molar-refractivity contribution >= 4 is 11.9 Å². The number of rotatable bonds is 9. The van der Waals surface area contributed by atoms with Crippen LogP contribution in [0.3, 0.4) is 0 Å². The van der Waals surface area contributed by atoms with Crippen LogP contribution in [-0.4, -0.2) is 43.4 Å². The van der Waals surface area contributed by atoms with Gasteiger partial charge in [0.25, 0.3) is 5.92 Å². The van der Waals surface area contributed by atoms with Gasteiger partial charge in [0.2, 0.25) is 6.43 Å². The highest BCUT2D eigenvalue weighted by Crippen LogP contribution is 2.35. The minimum Gasteiger partial charge on any atom is -0.459 e. The van der Waals surface area contributed by atoms with Gasteiger partial charge in [-0.25, -0.2) is 27.2 Å². The Morgan fingerprint density at radius 2 is 1.62 bits per heavy atom. The van der Waals surface area contributed by atoms with Gasteiger partial charge in [-0.2, -0.15) is 8.78 Å². The van der Waals surface area contributed by atoms with Crippen molar-refractivity contribution in [3.8, 4) is 0 Å². The van der Waals surface area contributed by atoms with Crippen LogP contribution >= 0.6 is 0 Å². The molecule has 0 saturated carbocycles. The molecule has 0 aliphatic rings. The van der Waals surface area contributed by atoms with Crippen molar-refractivity contribution in [3.05, 3.63) is 12.7 Å². The first-order valence-corrected chi connectivity index (χ1v) is 5.50. The summed E-state index contributed by atoms with van der Waals surface area (Å²) in [7, 11) is 0. The van der Waals surface area contributed by atoms with Crippen LogP contribution in [0.4, 0.5) is 26.3 Å². The molecule has 0 amide bonds. The van der Waals surface area contributed by atoms with E-state index in [-0.39, 0.29) is 0 Å². The summed E-state index contributed by atoms with van der Waals surface area (Å²) in [6.45, 7) is 1.65. The number of hydrogen-bond donors (Lipinski definition) is 0. The zero-order chi connectivity index (χ0) is 16.7. The molecule has 10 heteroatoms. The number of esters is 2. The lowest BCUT2D eigenvalue weighted by Gasteiger charge is -2.21. The average molecular weight is 322 g/mol. The highest BCUT2D eigenvalue weighted by Gasteiger charge is 2.50. The SMILES string of the molecule is C=CC(=O)OCCOC(=O)C(F)(F)CC(F)(F)CC(F)F. The number of alkyl halides is 6. The first kappa shape index (κ1) is 19.3. The fourth-order valence-electron chi connectivity index (χ4n) is 1.14. The largest absolute Gasteiger partial charge is 0.459 e. The predicted molar refractivity (Wildman–Crippen MR) is 57.2 cm³/mol. The smallest absolute Gasteiger partial charge is 0.377 e. The Balaban J connectivity index is 4.32. The molecule has 0 aliphatic heterocycles. The van der Waals surface area contributed by atoms with Crippen LogP contribution in [0.15, 0.2) is 12.7 Å². The summed E-state index contributed by atoms with van der Waals surface area (Å²) >= 11 is 0. The first-order valence-electron chi connectivity index (χ1n) is 5.50. The quantitative estimate of drug-likeness (QED) is 0.283. The van der Waals surface area contributed by atoms with Crippen molar-refractivity contribution in [2.45, 2.75) is 31.1 Å². The Morgan fingerprint density at radius 1 is 1.10 bits per heavy atom. The van der Waals surface area contributed by atoms with Crippen LogP contribution in [0.2, 0.25) is 0 Å². The fourth-order valence-corrected chi connectivity index (χ4v) is 1.14. The van der Waals surface area contributed by atoms with Gasteiger partial charge in [-0.15, -0.1) is 0 Å². The zero-order valence-electron chi connectivity index (χ0n) is 10.6. The predicted octanol–water partition coefficient (Wildman–Crippen LogP) is 2.57. The van der Waals surface area contributed by atoms with Gasteiger partial charge in [-0.1, -0.05) is 6.58 Å². The maximum Gasteiger partial charge on any atom is 0.377 e. The molecule has 0 rings (SSSR count). The molecular formula is C11H12F6O4. The third kappa shape index (κ3) is 8.20. The van der Waals surface area contributed by atoms with Crippen LogP contribution in [0.25, 0.3) is 0 Å². The molecule has 0 atom stereocenters. The summed E-state index contributed by atoms with van der Waals surface area (Å²) < 4.78 is 83.6. The van der Waals surface area contributed by atoms with Crippen LogP contribution in [-0.2, 0) is 19.1 Å². The molecule has 0 fully saturated rings. The summed E-state index contributed by atoms with van der Waals surface area (Å²) in [6, 6.07) is 0. The molecule has 0 N–H and O–H groups in total. The second kappa shape index (κ2) is 7.89. The second-order valence-electron chi connectivity index (χ2n) is 3.84. The summed E-state index contributed by atoms with van der Waals surface area (Å²) in [6.07, 6.45) is -7.21. The maximum atomic E-state index is 13.1. The van der Waals surface area contributed by atoms with Crippen molar-refractivity contribution in [3.63, 3.8) is 0 Å². The van der Waals surface area contributed by atoms with Crippen LogP contribution in [0.5, 0.6) is 0 Å². The van der Waals surface area contributed by atoms with Gasteiger partial charge in [0.1, 0.15) is 13.2 Å². The van der Waals surface area contributed by atoms with Gasteiger partial charge in [-0.3, -0.25) is 0 Å². The monoisotopic (exact) mass is 322 g/mol. The van der Waals surface area contributed by atoms with Crippen LogP contribution < -0.4 is 0 Å². The number of hydrogen-bond acceptors (Lipinski definition) is 4. The van der Waals surface area contributed by atoms with E-state index < -0.39 is 56.3 Å². The molecule has 0 aromatic rings. The standard InChI is InChI=1S/C11H12F6O4/c1-2-8(18)20-3-4-21-9(19)11(16,17)6-10(14,15)5-7(12)13/h2,7H,1,3-6H2. The summed E-state index contributed by atoms with van der Waals surface area (Å²) in [5.41, 5.74) is 0. The average Bonchev–Trinajstić information content (AvgIpc) is 2.30. The van der Waals surface area contributed by atoms with E-state index in [0.29, 0.717) is 0 Å². The molecular weight excluding hydrogens is 310 g/mol. The van der Waals surface area contributed by atoms with E-state index in [1.165, 1.54) is 0 Å². The Hall–Kier alpha value is -1.74. The van der Waals surface area contributed by atoms with Gasteiger partial charge in [0.05, 0.1) is 12.8 Å². The Kier molecular flexibility index (Phi) is 7.23. The molecule has 0 spiro atoms. The van der Waals surface area contributed by atoms with Gasteiger partial charge in [0, 0.05) is 6.08 Å². The Labute approximate surface area is 115 Å². The van der Waals surface area contributed by atoms with E-state index in [2.05, 4.69) is 16.1 Å². The van der Waals surface area contributed by atoms with Crippen molar-refractivity contribution in [1.29, 1.82) is 0 Å². The fraction of sp³-hybridized carbons (Fsp3) is 0.636. The lowest BCUT2D eigenvalue weighted by molar-refractivity contribution is -0.189. The zero-order valence-corrected chi connectivity index (χ0v) is 10.6. The Morgan fingerprint density at radius 3 is 2.10 bits per heavy atom. The summed E-state index contributed by atoms with van der Waals surface area (Å²) in [5, 5.41) is 0. The molecule has 0 aliphatic carbocycles. The maximum absolute atomic E-state index is 13.1. The minimum absolute atomic E-state index is 0.583. The molecule has 21 heavy (non-hydrogen) atoms. The van der Waals surface area contributed by atoms with E-state index in [9.17, 15) is 35.9 Å². The summed E-state index contributed by atoms with van der Waals surface area (Å²) in [4.78, 5) is 21.4. The third-order valence-electron chi connectivity index (χ3n) is 1.96. The molecule has 0 bridgehead atoms. The van der Waals surface area contributed by atoms with E-state index >= 15 is 0 Å². The number of carbonyl (C=O) groups is 2. The van der Waals surface area contributed by atoms with Crippen molar-refractivity contribution in [2.75, 3.05) is 13.2 Å². The minimum atomic E-state index is -4.64. The second-order valence-corrected chi connectivity index (χ2v) is 3.84. The molecule has 0 heterocycles. The summed E-state index contributed by atoms with van der Waals surface area (Å²) in [5.74, 6) is -12.3. The lowest BCUT2D eigenvalue weighted by atomic mass is 10.1. The molecule has 0 saturated heterocycles. The van der Waals surface area contributed by atoms with Crippen molar-refractivity contribution < 1.29 is 45.4 Å². The van der Waals surface area contributed by atoms with Gasteiger partial charge in [-0.05, 0) is 0 Å². The van der Waals surface area contributed by atoms with Crippen LogP contribution in [0.1, 0.15) is 12.8 Å². The van der Waals surface area contributed by atoms with Crippen molar-refractivity contribution in [2.24, 2.45) is 0 Å². The van der Waals surface area contributed by atoms with Crippen molar-refractivity contribution in [1.82, 2.24) is 0 Å². The van der Waals surface area contributed by atoms with Gasteiger partial charge >= 0.3 is 17.9 Å². The molecule has 0 unspecified atom stereocenters. The highest BCUT2D eigenvalue weighted by molar-refractivity contribution is 5.81. The number of ether oxygens (including phenoxy) is 2. The molecule has 4 nitrogen and oxygen atoms in total. The third-order valence-corrected chi connectivity index (χ3v) is 1.96. The van der Waals surface area contributed by atoms with E-state index in [1.54, 1.807) is 0 Å². The van der Waals surface area contributed by atoms with Gasteiger partial charge in [0.15, 0.2) is 0 Å². The topological polar surface area (TPSA) is 52.6 Å². The molecule has 122 valence electrons.